The smallest absolute Gasteiger partial charge is 0 e. The Morgan fingerprint density at radius 3 is 2.38 bits per heavy atom. The Bertz CT molecular complexity index is 138. The SMILES string of the molecule is Sc1[c-]cccc1.[Ni]. The quantitative estimate of drug-likeness (QED) is 0.340. The van der Waals surface area contributed by atoms with E-state index >= 15 is 0 Å². The van der Waals surface area contributed by atoms with Crippen molar-refractivity contribution in [3.63, 3.8) is 0 Å². The molecule has 0 aromatic heterocycles. The van der Waals surface area contributed by atoms with E-state index in [4.69, 9.17) is 0 Å². The van der Waals surface area contributed by atoms with Gasteiger partial charge in [-0.25, -0.2) is 0 Å². The largest absolute Gasteiger partial charge is 0.176 e. The summed E-state index contributed by atoms with van der Waals surface area (Å²) in [4.78, 5) is 0.891. The molecular formula is C6H5NiS-. The third kappa shape index (κ3) is 2.39. The predicted molar refractivity (Wildman–Crippen MR) is 32.5 cm³/mol. The van der Waals surface area contributed by atoms with E-state index < -0.39 is 0 Å². The molecule has 46 valence electrons. The van der Waals surface area contributed by atoms with Crippen LogP contribution in [0.4, 0.5) is 0 Å². The van der Waals surface area contributed by atoms with Crippen LogP contribution in [0.3, 0.4) is 0 Å². The molecule has 0 fully saturated rings. The van der Waals surface area contributed by atoms with Crippen molar-refractivity contribution >= 4 is 12.6 Å². The monoisotopic (exact) mass is 167 g/mol. The molecule has 0 bridgehead atoms. The average Bonchev–Trinajstić information content (AvgIpc) is 1.69. The molecule has 0 saturated heterocycles. The first-order valence-corrected chi connectivity index (χ1v) is 2.50. The van der Waals surface area contributed by atoms with E-state index in [1.165, 1.54) is 0 Å². The number of benzene rings is 1. The van der Waals surface area contributed by atoms with Crippen LogP contribution in [0.1, 0.15) is 0 Å². The summed E-state index contributed by atoms with van der Waals surface area (Å²) in [5.41, 5.74) is 0. The third-order valence-electron chi connectivity index (χ3n) is 0.693. The maximum absolute atomic E-state index is 4.03. The molecule has 0 heterocycles. The van der Waals surface area contributed by atoms with E-state index in [9.17, 15) is 0 Å². The molecule has 0 saturated carbocycles. The molecule has 1 aromatic rings. The van der Waals surface area contributed by atoms with Crippen molar-refractivity contribution in [2.45, 2.75) is 4.90 Å². The number of hydrogen-bond acceptors (Lipinski definition) is 1. The maximum Gasteiger partial charge on any atom is 0 e. The first kappa shape index (κ1) is 8.06. The number of thiol groups is 1. The minimum atomic E-state index is 0. The van der Waals surface area contributed by atoms with Crippen molar-refractivity contribution in [3.05, 3.63) is 30.3 Å². The normalized spacial score (nSPS) is 7.62. The minimum absolute atomic E-state index is 0. The van der Waals surface area contributed by atoms with Crippen LogP contribution < -0.4 is 0 Å². The van der Waals surface area contributed by atoms with Crippen molar-refractivity contribution in [1.82, 2.24) is 0 Å². The summed E-state index contributed by atoms with van der Waals surface area (Å²) in [6.45, 7) is 0. The Morgan fingerprint density at radius 2 is 2.12 bits per heavy atom. The summed E-state index contributed by atoms with van der Waals surface area (Å²) >= 11 is 4.03. The standard InChI is InChI=1S/C6H5S.Ni/c7-6-4-2-1-3-5-6;/h1-4,7H;/q-1;. The van der Waals surface area contributed by atoms with Crippen molar-refractivity contribution in [2.24, 2.45) is 0 Å². The van der Waals surface area contributed by atoms with Crippen LogP contribution in [0.5, 0.6) is 0 Å². The molecule has 2 heteroatoms. The van der Waals surface area contributed by atoms with E-state index in [0.29, 0.717) is 0 Å². The molecule has 0 aliphatic heterocycles. The second-order valence-electron chi connectivity index (χ2n) is 1.25. The van der Waals surface area contributed by atoms with Gasteiger partial charge in [0.2, 0.25) is 0 Å². The molecule has 0 nitrogen and oxygen atoms in total. The Morgan fingerprint density at radius 1 is 1.38 bits per heavy atom. The second-order valence-corrected chi connectivity index (χ2v) is 1.73. The summed E-state index contributed by atoms with van der Waals surface area (Å²) in [6, 6.07) is 10.5. The van der Waals surface area contributed by atoms with Crippen LogP contribution >= 0.6 is 12.6 Å². The van der Waals surface area contributed by atoms with Gasteiger partial charge >= 0.3 is 0 Å². The summed E-state index contributed by atoms with van der Waals surface area (Å²) in [5, 5.41) is 0. The third-order valence-corrected chi connectivity index (χ3v) is 0.971. The predicted octanol–water partition coefficient (Wildman–Crippen LogP) is 1.77. The van der Waals surface area contributed by atoms with Gasteiger partial charge in [-0.05, 0) is 0 Å². The first-order valence-electron chi connectivity index (χ1n) is 2.05. The van der Waals surface area contributed by atoms with Crippen LogP contribution in [0, 0.1) is 6.07 Å². The summed E-state index contributed by atoms with van der Waals surface area (Å²) in [5.74, 6) is 0. The van der Waals surface area contributed by atoms with Crippen molar-refractivity contribution in [3.8, 4) is 0 Å². The van der Waals surface area contributed by atoms with E-state index in [0.717, 1.165) is 4.90 Å². The summed E-state index contributed by atoms with van der Waals surface area (Å²) in [6.07, 6.45) is 0. The summed E-state index contributed by atoms with van der Waals surface area (Å²) in [7, 11) is 0. The Balaban J connectivity index is 0.000000490. The van der Waals surface area contributed by atoms with E-state index in [1.54, 1.807) is 0 Å². The minimum Gasteiger partial charge on any atom is -0.176 e. The van der Waals surface area contributed by atoms with Crippen molar-refractivity contribution < 1.29 is 16.5 Å². The molecule has 0 radical (unpaired) electrons. The van der Waals surface area contributed by atoms with Crippen LogP contribution in [0.25, 0.3) is 0 Å². The molecule has 0 aliphatic rings. The van der Waals surface area contributed by atoms with Crippen LogP contribution in [0.15, 0.2) is 29.2 Å². The fraction of sp³-hybridized carbons (Fsp3) is 0. The van der Waals surface area contributed by atoms with Gasteiger partial charge in [-0.2, -0.15) is 43.0 Å². The van der Waals surface area contributed by atoms with Gasteiger partial charge in [-0.15, -0.1) is 4.90 Å². The fourth-order valence-corrected chi connectivity index (χ4v) is 0.544. The molecule has 8 heavy (non-hydrogen) atoms. The van der Waals surface area contributed by atoms with Gasteiger partial charge in [0.1, 0.15) is 0 Å². The Hall–Kier alpha value is 0.0635. The van der Waals surface area contributed by atoms with Crippen LogP contribution in [0.2, 0.25) is 0 Å². The van der Waals surface area contributed by atoms with Gasteiger partial charge < -0.3 is 0 Å². The second kappa shape index (κ2) is 3.99. The fourth-order valence-electron chi connectivity index (χ4n) is 0.384. The molecule has 0 unspecified atom stereocenters. The molecule has 1 rings (SSSR count). The maximum atomic E-state index is 4.03. The van der Waals surface area contributed by atoms with Crippen molar-refractivity contribution in [1.29, 1.82) is 0 Å². The first-order chi connectivity index (χ1) is 3.39. The van der Waals surface area contributed by atoms with Crippen LogP contribution in [-0.2, 0) is 16.5 Å². The van der Waals surface area contributed by atoms with E-state index in [-0.39, 0.29) is 16.5 Å². The zero-order valence-corrected chi connectivity index (χ0v) is 5.95. The molecule has 0 N–H and O–H groups in total. The van der Waals surface area contributed by atoms with Crippen LogP contribution in [-0.4, -0.2) is 0 Å². The molecule has 0 atom stereocenters. The zero-order valence-electron chi connectivity index (χ0n) is 4.07. The van der Waals surface area contributed by atoms with Gasteiger partial charge in [0.25, 0.3) is 0 Å². The zero-order chi connectivity index (χ0) is 5.11. The molecule has 1 aromatic carbocycles. The molecule has 0 aliphatic carbocycles. The number of hydrogen-bond donors (Lipinski definition) is 1. The summed E-state index contributed by atoms with van der Waals surface area (Å²) < 4.78 is 0. The van der Waals surface area contributed by atoms with Gasteiger partial charge in [0.05, 0.1) is 0 Å². The van der Waals surface area contributed by atoms with Gasteiger partial charge in [-0.1, -0.05) is 0 Å². The van der Waals surface area contributed by atoms with Gasteiger partial charge in [0, 0.05) is 16.5 Å². The Kier molecular flexibility index (Phi) is 4.03. The van der Waals surface area contributed by atoms with Crippen molar-refractivity contribution in [2.75, 3.05) is 0 Å². The topological polar surface area (TPSA) is 0 Å². The van der Waals surface area contributed by atoms with E-state index in [2.05, 4.69) is 18.7 Å². The van der Waals surface area contributed by atoms with Gasteiger partial charge in [-0.3, -0.25) is 0 Å². The molecular weight excluding hydrogens is 163 g/mol. The Labute approximate surface area is 64.6 Å². The average molecular weight is 168 g/mol. The van der Waals surface area contributed by atoms with E-state index in [1.807, 2.05) is 24.3 Å². The number of rotatable bonds is 0. The molecule has 0 spiro atoms. The van der Waals surface area contributed by atoms with Gasteiger partial charge in [0.15, 0.2) is 0 Å². The molecule has 0 amide bonds.